The van der Waals surface area contributed by atoms with Gasteiger partial charge < -0.3 is 10.1 Å². The van der Waals surface area contributed by atoms with E-state index in [0.717, 1.165) is 5.56 Å². The van der Waals surface area contributed by atoms with Gasteiger partial charge in [0.1, 0.15) is 11.6 Å². The topological polar surface area (TPSA) is 75.7 Å². The second-order valence-corrected chi connectivity index (χ2v) is 8.13. The lowest BCUT2D eigenvalue weighted by Crippen LogP contribution is -2.31. The Morgan fingerprint density at radius 1 is 1.07 bits per heavy atom. The molecule has 0 aromatic heterocycles. The molecule has 0 saturated heterocycles. The van der Waals surface area contributed by atoms with Gasteiger partial charge in [0.2, 0.25) is 10.0 Å². The molecule has 2 aromatic carbocycles. The Morgan fingerprint density at radius 2 is 1.64 bits per heavy atom. The van der Waals surface area contributed by atoms with Crippen LogP contribution in [0, 0.1) is 5.82 Å². The lowest BCUT2D eigenvalue weighted by molar-refractivity contribution is -0.123. The zero-order valence-electron chi connectivity index (χ0n) is 16.2. The SMILES string of the molecule is CCN(CC)S(=O)(=O)c1ccc(OCC(=O)N[C@H](C)c2ccc(F)cc2)cc1. The van der Waals surface area contributed by atoms with E-state index in [1.54, 1.807) is 32.9 Å². The van der Waals surface area contributed by atoms with E-state index in [1.165, 1.54) is 40.7 Å². The van der Waals surface area contributed by atoms with Crippen LogP contribution in [0.4, 0.5) is 4.39 Å². The van der Waals surface area contributed by atoms with Gasteiger partial charge in [-0.15, -0.1) is 0 Å². The number of hydrogen-bond donors (Lipinski definition) is 1. The van der Waals surface area contributed by atoms with Crippen molar-refractivity contribution < 1.29 is 22.3 Å². The van der Waals surface area contributed by atoms with Gasteiger partial charge in [-0.25, -0.2) is 12.8 Å². The fourth-order valence-electron chi connectivity index (χ4n) is 2.69. The Morgan fingerprint density at radius 3 is 2.18 bits per heavy atom. The minimum absolute atomic E-state index is 0.179. The van der Waals surface area contributed by atoms with Crippen molar-refractivity contribution in [2.75, 3.05) is 19.7 Å². The van der Waals surface area contributed by atoms with Crippen LogP contribution in [0.1, 0.15) is 32.4 Å². The van der Waals surface area contributed by atoms with E-state index in [2.05, 4.69) is 5.32 Å². The lowest BCUT2D eigenvalue weighted by atomic mass is 10.1. The third-order valence-electron chi connectivity index (χ3n) is 4.28. The van der Waals surface area contributed by atoms with E-state index in [1.807, 2.05) is 0 Å². The summed E-state index contributed by atoms with van der Waals surface area (Å²) in [6, 6.07) is 11.6. The number of nitrogens with one attached hydrogen (secondary N) is 1. The summed E-state index contributed by atoms with van der Waals surface area (Å²) in [6.45, 7) is 5.92. The summed E-state index contributed by atoms with van der Waals surface area (Å²) >= 11 is 0. The average molecular weight is 408 g/mol. The molecule has 0 saturated carbocycles. The van der Waals surface area contributed by atoms with Crippen molar-refractivity contribution in [3.63, 3.8) is 0 Å². The molecule has 0 spiro atoms. The van der Waals surface area contributed by atoms with Crippen LogP contribution in [0.15, 0.2) is 53.4 Å². The van der Waals surface area contributed by atoms with Crippen LogP contribution in [0.25, 0.3) is 0 Å². The van der Waals surface area contributed by atoms with E-state index in [0.29, 0.717) is 18.8 Å². The maximum atomic E-state index is 13.0. The molecule has 152 valence electrons. The molecular weight excluding hydrogens is 383 g/mol. The highest BCUT2D eigenvalue weighted by molar-refractivity contribution is 7.89. The first-order valence-corrected chi connectivity index (χ1v) is 10.5. The Kier molecular flexibility index (Phi) is 7.53. The second kappa shape index (κ2) is 9.66. The number of carbonyl (C=O) groups is 1. The van der Waals surface area contributed by atoms with Gasteiger partial charge in [-0.3, -0.25) is 4.79 Å². The highest BCUT2D eigenvalue weighted by Gasteiger charge is 2.21. The van der Waals surface area contributed by atoms with Crippen molar-refractivity contribution in [1.82, 2.24) is 9.62 Å². The fourth-order valence-corrected chi connectivity index (χ4v) is 4.15. The largest absolute Gasteiger partial charge is 0.484 e. The minimum Gasteiger partial charge on any atom is -0.484 e. The number of carbonyl (C=O) groups excluding carboxylic acids is 1. The molecule has 8 heteroatoms. The quantitative estimate of drug-likeness (QED) is 0.692. The van der Waals surface area contributed by atoms with Crippen molar-refractivity contribution in [2.45, 2.75) is 31.7 Å². The van der Waals surface area contributed by atoms with Gasteiger partial charge in [0.05, 0.1) is 10.9 Å². The predicted octanol–water partition coefficient (Wildman–Crippen LogP) is 3.11. The summed E-state index contributed by atoms with van der Waals surface area (Å²) in [7, 11) is -3.53. The van der Waals surface area contributed by atoms with E-state index >= 15 is 0 Å². The molecule has 0 aliphatic rings. The molecule has 1 amide bonds. The predicted molar refractivity (Wildman–Crippen MR) is 105 cm³/mol. The van der Waals surface area contributed by atoms with Gasteiger partial charge >= 0.3 is 0 Å². The standard InChI is InChI=1S/C20H25FN2O4S/c1-4-23(5-2)28(25,26)19-12-10-18(11-13-19)27-14-20(24)22-15(3)16-6-8-17(21)9-7-16/h6-13,15H,4-5,14H2,1-3H3,(H,22,24)/t15-/m1/s1. The summed E-state index contributed by atoms with van der Waals surface area (Å²) in [4.78, 5) is 12.2. The van der Waals surface area contributed by atoms with Crippen LogP contribution < -0.4 is 10.1 Å². The fraction of sp³-hybridized carbons (Fsp3) is 0.350. The van der Waals surface area contributed by atoms with E-state index in [9.17, 15) is 17.6 Å². The number of sulfonamides is 1. The van der Waals surface area contributed by atoms with Gasteiger partial charge in [0.25, 0.3) is 5.91 Å². The molecule has 28 heavy (non-hydrogen) atoms. The Labute approximate surface area is 165 Å². The highest BCUT2D eigenvalue weighted by Crippen LogP contribution is 2.19. The second-order valence-electron chi connectivity index (χ2n) is 6.19. The molecule has 1 N–H and O–H groups in total. The molecule has 2 aromatic rings. The Bertz CT molecular complexity index is 879. The molecular formula is C20H25FN2O4S. The zero-order valence-corrected chi connectivity index (χ0v) is 17.0. The third-order valence-corrected chi connectivity index (χ3v) is 6.35. The van der Waals surface area contributed by atoms with Gasteiger partial charge in [-0.05, 0) is 48.9 Å². The molecule has 0 unspecified atom stereocenters. The summed E-state index contributed by atoms with van der Waals surface area (Å²) in [5.41, 5.74) is 0.778. The highest BCUT2D eigenvalue weighted by atomic mass is 32.2. The van der Waals surface area contributed by atoms with Crippen LogP contribution >= 0.6 is 0 Å². The molecule has 0 aliphatic carbocycles. The monoisotopic (exact) mass is 408 g/mol. The van der Waals surface area contributed by atoms with Crippen molar-refractivity contribution in [1.29, 1.82) is 0 Å². The van der Waals surface area contributed by atoms with E-state index in [-0.39, 0.29) is 29.3 Å². The normalized spacial score (nSPS) is 12.6. The van der Waals surface area contributed by atoms with Crippen LogP contribution in [0.2, 0.25) is 0 Å². The molecule has 0 radical (unpaired) electrons. The molecule has 6 nitrogen and oxygen atoms in total. The minimum atomic E-state index is -3.53. The van der Waals surface area contributed by atoms with Crippen molar-refractivity contribution in [3.8, 4) is 5.75 Å². The third kappa shape index (κ3) is 5.53. The molecule has 2 rings (SSSR count). The number of amides is 1. The number of halogens is 1. The maximum Gasteiger partial charge on any atom is 0.258 e. The first-order chi connectivity index (χ1) is 13.3. The molecule has 0 heterocycles. The molecule has 0 bridgehead atoms. The lowest BCUT2D eigenvalue weighted by Gasteiger charge is -2.18. The first-order valence-electron chi connectivity index (χ1n) is 9.05. The molecule has 0 fully saturated rings. The van der Waals surface area contributed by atoms with Gasteiger partial charge in [0, 0.05) is 13.1 Å². The zero-order chi connectivity index (χ0) is 20.7. The van der Waals surface area contributed by atoms with Gasteiger partial charge in [0.15, 0.2) is 6.61 Å². The number of ether oxygens (including phenoxy) is 1. The average Bonchev–Trinajstić information content (AvgIpc) is 2.68. The van der Waals surface area contributed by atoms with E-state index < -0.39 is 10.0 Å². The van der Waals surface area contributed by atoms with Crippen molar-refractivity contribution in [3.05, 3.63) is 59.9 Å². The molecule has 1 atom stereocenters. The first kappa shape index (κ1) is 21.8. The van der Waals surface area contributed by atoms with Gasteiger partial charge in [-0.2, -0.15) is 4.31 Å². The van der Waals surface area contributed by atoms with Crippen molar-refractivity contribution in [2.24, 2.45) is 0 Å². The Balaban J connectivity index is 1.92. The smallest absolute Gasteiger partial charge is 0.258 e. The van der Waals surface area contributed by atoms with Crippen LogP contribution in [-0.2, 0) is 14.8 Å². The number of benzene rings is 2. The van der Waals surface area contributed by atoms with Gasteiger partial charge in [-0.1, -0.05) is 26.0 Å². The summed E-state index contributed by atoms with van der Waals surface area (Å²) in [5, 5.41) is 2.76. The van der Waals surface area contributed by atoms with Crippen LogP contribution in [0.3, 0.4) is 0 Å². The summed E-state index contributed by atoms with van der Waals surface area (Å²) < 4.78 is 44.6. The number of rotatable bonds is 9. The number of hydrogen-bond acceptors (Lipinski definition) is 4. The Hall–Kier alpha value is -2.45. The van der Waals surface area contributed by atoms with E-state index in [4.69, 9.17) is 4.74 Å². The van der Waals surface area contributed by atoms with Crippen LogP contribution in [-0.4, -0.2) is 38.3 Å². The summed E-state index contributed by atoms with van der Waals surface area (Å²) in [6.07, 6.45) is 0. The summed E-state index contributed by atoms with van der Waals surface area (Å²) in [5.74, 6) is -0.281. The number of nitrogens with zero attached hydrogens (tertiary/aromatic N) is 1. The molecule has 0 aliphatic heterocycles. The van der Waals surface area contributed by atoms with Crippen molar-refractivity contribution >= 4 is 15.9 Å². The maximum absolute atomic E-state index is 13.0. The van der Waals surface area contributed by atoms with Crippen LogP contribution in [0.5, 0.6) is 5.75 Å².